The van der Waals surface area contributed by atoms with E-state index in [0.29, 0.717) is 10.6 Å². The number of carbonyl (C=O) groups excluding carboxylic acids is 1. The van der Waals surface area contributed by atoms with Gasteiger partial charge >= 0.3 is 0 Å². The van der Waals surface area contributed by atoms with Gasteiger partial charge in [-0.15, -0.1) is 0 Å². The Balaban J connectivity index is 3.37. The number of benzene rings is 1. The van der Waals surface area contributed by atoms with Gasteiger partial charge in [-0.1, -0.05) is 25.4 Å². The Kier molecular flexibility index (Phi) is 4.23. The SMILES string of the molecule is CC(=O)C(c1ccc(Cl)cc1[N+](=O)[O-])C(C)C. The van der Waals surface area contributed by atoms with E-state index in [-0.39, 0.29) is 17.4 Å². The van der Waals surface area contributed by atoms with Crippen molar-refractivity contribution < 1.29 is 9.72 Å². The second-order valence-corrected chi connectivity index (χ2v) is 4.73. The molecule has 1 aromatic carbocycles. The summed E-state index contributed by atoms with van der Waals surface area (Å²) >= 11 is 5.74. The van der Waals surface area contributed by atoms with Crippen LogP contribution in [0.1, 0.15) is 32.3 Å². The molecule has 0 aliphatic carbocycles. The van der Waals surface area contributed by atoms with Crippen molar-refractivity contribution in [3.63, 3.8) is 0 Å². The predicted molar refractivity (Wildman–Crippen MR) is 66.4 cm³/mol. The van der Waals surface area contributed by atoms with E-state index in [9.17, 15) is 14.9 Å². The van der Waals surface area contributed by atoms with Gasteiger partial charge in [0, 0.05) is 16.7 Å². The zero-order valence-corrected chi connectivity index (χ0v) is 10.7. The number of hydrogen-bond donors (Lipinski definition) is 0. The number of hydrogen-bond acceptors (Lipinski definition) is 3. The molecule has 1 atom stereocenters. The fourth-order valence-electron chi connectivity index (χ4n) is 1.99. The number of ketones is 1. The average molecular weight is 256 g/mol. The Labute approximate surface area is 105 Å². The molecule has 17 heavy (non-hydrogen) atoms. The number of halogens is 1. The van der Waals surface area contributed by atoms with Gasteiger partial charge in [0.25, 0.3) is 5.69 Å². The van der Waals surface area contributed by atoms with Crippen LogP contribution in [0.3, 0.4) is 0 Å². The largest absolute Gasteiger partial charge is 0.299 e. The topological polar surface area (TPSA) is 60.2 Å². The van der Waals surface area contributed by atoms with Gasteiger partial charge < -0.3 is 0 Å². The van der Waals surface area contributed by atoms with E-state index >= 15 is 0 Å². The van der Waals surface area contributed by atoms with Crippen LogP contribution in [0.4, 0.5) is 5.69 Å². The summed E-state index contributed by atoms with van der Waals surface area (Å²) in [6, 6.07) is 4.42. The van der Waals surface area contributed by atoms with E-state index in [0.717, 1.165) is 0 Å². The smallest absolute Gasteiger partial charge is 0.274 e. The van der Waals surface area contributed by atoms with Crippen LogP contribution in [-0.4, -0.2) is 10.7 Å². The maximum atomic E-state index is 11.6. The van der Waals surface area contributed by atoms with E-state index in [2.05, 4.69) is 0 Å². The molecule has 1 rings (SSSR count). The first-order valence-corrected chi connectivity index (χ1v) is 5.66. The van der Waals surface area contributed by atoms with E-state index in [1.807, 2.05) is 13.8 Å². The van der Waals surface area contributed by atoms with Crippen molar-refractivity contribution in [3.05, 3.63) is 38.9 Å². The Morgan fingerprint density at radius 1 is 1.41 bits per heavy atom. The van der Waals surface area contributed by atoms with Crippen LogP contribution >= 0.6 is 11.6 Å². The first-order valence-electron chi connectivity index (χ1n) is 5.29. The lowest BCUT2D eigenvalue weighted by molar-refractivity contribution is -0.385. The van der Waals surface area contributed by atoms with Gasteiger partial charge in [-0.2, -0.15) is 0 Å². The molecule has 0 radical (unpaired) electrons. The molecule has 92 valence electrons. The summed E-state index contributed by atoms with van der Waals surface area (Å²) in [7, 11) is 0. The molecule has 0 aliphatic rings. The number of Topliss-reactive ketones (excluding diaryl/α,β-unsaturated/α-hetero) is 1. The predicted octanol–water partition coefficient (Wildman–Crippen LogP) is 3.58. The Morgan fingerprint density at radius 2 is 2.00 bits per heavy atom. The fraction of sp³-hybridized carbons (Fsp3) is 0.417. The molecular weight excluding hydrogens is 242 g/mol. The van der Waals surface area contributed by atoms with Gasteiger partial charge in [-0.05, 0) is 25.0 Å². The average Bonchev–Trinajstić information content (AvgIpc) is 2.19. The highest BCUT2D eigenvalue weighted by Gasteiger charge is 2.28. The lowest BCUT2D eigenvalue weighted by Gasteiger charge is -2.18. The van der Waals surface area contributed by atoms with E-state index in [1.54, 1.807) is 12.1 Å². The van der Waals surface area contributed by atoms with E-state index < -0.39 is 10.8 Å². The van der Waals surface area contributed by atoms with Crippen molar-refractivity contribution in [1.29, 1.82) is 0 Å². The molecule has 0 aliphatic heterocycles. The highest BCUT2D eigenvalue weighted by atomic mass is 35.5. The van der Waals surface area contributed by atoms with Crippen LogP contribution in [0, 0.1) is 16.0 Å². The molecule has 1 unspecified atom stereocenters. The third-order valence-corrected chi connectivity index (χ3v) is 2.86. The number of carbonyl (C=O) groups is 1. The summed E-state index contributed by atoms with van der Waals surface area (Å²) in [6.07, 6.45) is 0. The molecule has 4 nitrogen and oxygen atoms in total. The zero-order chi connectivity index (χ0) is 13.2. The lowest BCUT2D eigenvalue weighted by Crippen LogP contribution is -2.16. The summed E-state index contributed by atoms with van der Waals surface area (Å²) < 4.78 is 0. The molecule has 0 heterocycles. The minimum Gasteiger partial charge on any atom is -0.299 e. The molecule has 0 fully saturated rings. The van der Waals surface area contributed by atoms with Crippen molar-refractivity contribution in [2.75, 3.05) is 0 Å². The van der Waals surface area contributed by atoms with Gasteiger partial charge in [0.2, 0.25) is 0 Å². The summed E-state index contributed by atoms with van der Waals surface area (Å²) in [5.41, 5.74) is 0.341. The quantitative estimate of drug-likeness (QED) is 0.610. The molecule has 0 N–H and O–H groups in total. The molecule has 1 aromatic rings. The zero-order valence-electron chi connectivity index (χ0n) is 9.94. The number of nitro groups is 1. The molecule has 0 bridgehead atoms. The van der Waals surface area contributed by atoms with E-state index in [4.69, 9.17) is 11.6 Å². The van der Waals surface area contributed by atoms with Gasteiger partial charge in [-0.3, -0.25) is 14.9 Å². The lowest BCUT2D eigenvalue weighted by atomic mass is 9.84. The number of rotatable bonds is 4. The van der Waals surface area contributed by atoms with Crippen molar-refractivity contribution in [2.24, 2.45) is 5.92 Å². The van der Waals surface area contributed by atoms with Crippen LogP contribution in [0.5, 0.6) is 0 Å². The van der Waals surface area contributed by atoms with Gasteiger partial charge in [0.05, 0.1) is 10.8 Å². The normalized spacial score (nSPS) is 12.5. The molecule has 5 heteroatoms. The first kappa shape index (κ1) is 13.6. The molecule has 0 amide bonds. The van der Waals surface area contributed by atoms with Crippen molar-refractivity contribution >= 4 is 23.1 Å². The van der Waals surface area contributed by atoms with Crippen LogP contribution in [-0.2, 0) is 4.79 Å². The third kappa shape index (κ3) is 3.03. The van der Waals surface area contributed by atoms with Crippen molar-refractivity contribution in [1.82, 2.24) is 0 Å². The van der Waals surface area contributed by atoms with Crippen LogP contribution in [0.2, 0.25) is 5.02 Å². The summed E-state index contributed by atoms with van der Waals surface area (Å²) in [6.45, 7) is 5.18. The Hall–Kier alpha value is -1.42. The molecular formula is C12H14ClNO3. The summed E-state index contributed by atoms with van der Waals surface area (Å²) in [4.78, 5) is 22.0. The first-order chi connectivity index (χ1) is 7.84. The van der Waals surface area contributed by atoms with Crippen molar-refractivity contribution in [3.8, 4) is 0 Å². The number of nitrogens with zero attached hydrogens (tertiary/aromatic N) is 1. The standard InChI is InChI=1S/C12H14ClNO3/c1-7(2)12(8(3)15)10-5-4-9(13)6-11(10)14(16)17/h4-7,12H,1-3H3. The van der Waals surface area contributed by atoms with Crippen LogP contribution in [0.25, 0.3) is 0 Å². The molecule has 0 spiro atoms. The van der Waals surface area contributed by atoms with Gasteiger partial charge in [-0.25, -0.2) is 0 Å². The molecule has 0 aromatic heterocycles. The Bertz CT molecular complexity index is 457. The summed E-state index contributed by atoms with van der Waals surface area (Å²) in [5, 5.41) is 11.3. The fourth-order valence-corrected chi connectivity index (χ4v) is 2.15. The van der Waals surface area contributed by atoms with Crippen LogP contribution < -0.4 is 0 Å². The molecule has 0 saturated heterocycles. The maximum absolute atomic E-state index is 11.6. The highest BCUT2D eigenvalue weighted by Crippen LogP contribution is 2.34. The maximum Gasteiger partial charge on any atom is 0.274 e. The van der Waals surface area contributed by atoms with Crippen molar-refractivity contribution in [2.45, 2.75) is 26.7 Å². The number of nitro benzene ring substituents is 1. The van der Waals surface area contributed by atoms with Gasteiger partial charge in [0.1, 0.15) is 5.78 Å². The van der Waals surface area contributed by atoms with Gasteiger partial charge in [0.15, 0.2) is 0 Å². The second kappa shape index (κ2) is 5.27. The van der Waals surface area contributed by atoms with Crippen LogP contribution in [0.15, 0.2) is 18.2 Å². The second-order valence-electron chi connectivity index (χ2n) is 4.29. The third-order valence-electron chi connectivity index (χ3n) is 2.63. The van der Waals surface area contributed by atoms with E-state index in [1.165, 1.54) is 13.0 Å². The minimum absolute atomic E-state index is 0.00683. The molecule has 0 saturated carbocycles. The summed E-state index contributed by atoms with van der Waals surface area (Å²) in [5.74, 6) is -0.537. The highest BCUT2D eigenvalue weighted by molar-refractivity contribution is 6.30. The Morgan fingerprint density at radius 3 is 2.41 bits per heavy atom. The minimum atomic E-state index is -0.500. The monoisotopic (exact) mass is 255 g/mol.